The van der Waals surface area contributed by atoms with Crippen molar-refractivity contribution in [3.05, 3.63) is 31.7 Å². The minimum absolute atomic E-state index is 0.761. The van der Waals surface area contributed by atoms with Crippen molar-refractivity contribution in [3.8, 4) is 0 Å². The molecule has 0 amide bonds. The van der Waals surface area contributed by atoms with Crippen molar-refractivity contribution < 1.29 is 0 Å². The number of thiazole rings is 2. The lowest BCUT2D eigenvalue weighted by Gasteiger charge is -2.00. The molecule has 1 fully saturated rings. The van der Waals surface area contributed by atoms with Crippen molar-refractivity contribution in [2.45, 2.75) is 52.1 Å². The molecule has 3 nitrogen and oxygen atoms in total. The Bertz CT molecular complexity index is 555. The third-order valence-corrected chi connectivity index (χ3v) is 5.32. The predicted octanol–water partition coefficient (Wildman–Crippen LogP) is 3.31. The summed E-state index contributed by atoms with van der Waals surface area (Å²) < 4.78 is 0. The highest BCUT2D eigenvalue weighted by atomic mass is 32.1. The quantitative estimate of drug-likeness (QED) is 0.888. The smallest absolute Gasteiger partial charge is 0.0999 e. The Hall–Kier alpha value is -0.780. The van der Waals surface area contributed by atoms with Crippen molar-refractivity contribution in [2.75, 3.05) is 0 Å². The molecule has 3 rings (SSSR count). The molecule has 0 bridgehead atoms. The van der Waals surface area contributed by atoms with E-state index in [2.05, 4.69) is 22.6 Å². The van der Waals surface area contributed by atoms with Crippen LogP contribution in [0, 0.1) is 6.92 Å². The molecule has 0 radical (unpaired) electrons. The number of rotatable bonds is 6. The number of hydrogen-bond donors (Lipinski definition) is 1. The lowest BCUT2D eigenvalue weighted by atomic mass is 10.3. The summed E-state index contributed by atoms with van der Waals surface area (Å²) in [5, 5.41) is 8.08. The van der Waals surface area contributed by atoms with Gasteiger partial charge in [-0.2, -0.15) is 0 Å². The van der Waals surface area contributed by atoms with Crippen LogP contribution in [0.2, 0.25) is 0 Å². The van der Waals surface area contributed by atoms with E-state index in [1.807, 2.05) is 18.3 Å². The lowest BCUT2D eigenvalue weighted by molar-refractivity contribution is 0.689. The summed E-state index contributed by atoms with van der Waals surface area (Å²) >= 11 is 3.59. The Morgan fingerprint density at radius 2 is 2.16 bits per heavy atom. The molecule has 0 spiro atoms. The Labute approximate surface area is 122 Å². The fourth-order valence-electron chi connectivity index (χ4n) is 2.06. The predicted molar refractivity (Wildman–Crippen MR) is 81.0 cm³/mol. The first-order valence-corrected chi connectivity index (χ1v) is 8.56. The molecule has 0 unspecified atom stereocenters. The summed E-state index contributed by atoms with van der Waals surface area (Å²) in [6.45, 7) is 5.22. The second kappa shape index (κ2) is 5.69. The van der Waals surface area contributed by atoms with E-state index in [1.54, 1.807) is 11.3 Å². The van der Waals surface area contributed by atoms with Crippen molar-refractivity contribution in [2.24, 2.45) is 0 Å². The second-order valence-corrected chi connectivity index (χ2v) is 7.16. The van der Waals surface area contributed by atoms with Crippen LogP contribution >= 0.6 is 22.7 Å². The average Bonchev–Trinajstić information content (AvgIpc) is 3.02. The molecule has 0 aliphatic heterocycles. The van der Waals surface area contributed by atoms with Gasteiger partial charge in [0.1, 0.15) is 0 Å². The third-order valence-electron chi connectivity index (χ3n) is 3.26. The Kier molecular flexibility index (Phi) is 3.96. The molecule has 5 heteroatoms. The number of nitrogens with zero attached hydrogens (tertiary/aromatic N) is 2. The van der Waals surface area contributed by atoms with Gasteiger partial charge in [-0.1, -0.05) is 6.92 Å². The molecular weight excluding hydrogens is 274 g/mol. The minimum Gasteiger partial charge on any atom is -0.309 e. The Morgan fingerprint density at radius 3 is 2.79 bits per heavy atom. The van der Waals surface area contributed by atoms with Crippen LogP contribution in [0.1, 0.15) is 46.0 Å². The highest BCUT2D eigenvalue weighted by Gasteiger charge is 2.21. The molecule has 1 aliphatic carbocycles. The number of hydrogen-bond acceptors (Lipinski definition) is 5. The zero-order valence-electron chi connectivity index (χ0n) is 11.4. The SMILES string of the molecule is CCc1nc(Cc2nc(C)cs2)sc1CNC1CC1. The van der Waals surface area contributed by atoms with Crippen LogP contribution in [-0.2, 0) is 19.4 Å². The van der Waals surface area contributed by atoms with Gasteiger partial charge >= 0.3 is 0 Å². The maximum Gasteiger partial charge on any atom is 0.0999 e. The van der Waals surface area contributed by atoms with Crippen molar-refractivity contribution in [1.29, 1.82) is 0 Å². The number of aryl methyl sites for hydroxylation is 2. The molecule has 0 saturated heterocycles. The van der Waals surface area contributed by atoms with Crippen LogP contribution in [0.3, 0.4) is 0 Å². The van der Waals surface area contributed by atoms with E-state index in [0.29, 0.717) is 0 Å². The monoisotopic (exact) mass is 293 g/mol. The topological polar surface area (TPSA) is 37.8 Å². The molecule has 1 N–H and O–H groups in total. The van der Waals surface area contributed by atoms with Gasteiger partial charge in [-0.3, -0.25) is 0 Å². The Morgan fingerprint density at radius 1 is 1.32 bits per heavy atom. The zero-order chi connectivity index (χ0) is 13.2. The van der Waals surface area contributed by atoms with E-state index in [0.717, 1.165) is 31.1 Å². The van der Waals surface area contributed by atoms with Gasteiger partial charge in [0.05, 0.1) is 22.1 Å². The third kappa shape index (κ3) is 3.41. The molecule has 1 saturated carbocycles. The van der Waals surface area contributed by atoms with Gasteiger partial charge in [-0.25, -0.2) is 9.97 Å². The summed E-state index contributed by atoms with van der Waals surface area (Å²) in [6.07, 6.45) is 4.59. The van der Waals surface area contributed by atoms with E-state index in [9.17, 15) is 0 Å². The summed E-state index contributed by atoms with van der Waals surface area (Å²) in [6, 6.07) is 0.761. The molecule has 2 aromatic rings. The van der Waals surface area contributed by atoms with Gasteiger partial charge in [-0.15, -0.1) is 22.7 Å². The second-order valence-electron chi connectivity index (χ2n) is 5.05. The van der Waals surface area contributed by atoms with Crippen LogP contribution in [0.15, 0.2) is 5.38 Å². The molecule has 2 aromatic heterocycles. The summed E-state index contributed by atoms with van der Waals surface area (Å²) in [5.74, 6) is 0. The summed E-state index contributed by atoms with van der Waals surface area (Å²) in [4.78, 5) is 10.7. The van der Waals surface area contributed by atoms with E-state index in [1.165, 1.54) is 33.4 Å². The number of aromatic nitrogens is 2. The molecule has 2 heterocycles. The van der Waals surface area contributed by atoms with E-state index in [-0.39, 0.29) is 0 Å². The first kappa shape index (κ1) is 13.2. The van der Waals surface area contributed by atoms with E-state index < -0.39 is 0 Å². The van der Waals surface area contributed by atoms with Crippen molar-refractivity contribution >= 4 is 22.7 Å². The minimum atomic E-state index is 0.761. The molecule has 102 valence electrons. The first-order chi connectivity index (χ1) is 9.24. The zero-order valence-corrected chi connectivity index (χ0v) is 13.0. The highest BCUT2D eigenvalue weighted by Crippen LogP contribution is 2.25. The normalized spacial score (nSPS) is 15.1. The molecular formula is C14H19N3S2. The van der Waals surface area contributed by atoms with Crippen molar-refractivity contribution in [1.82, 2.24) is 15.3 Å². The highest BCUT2D eigenvalue weighted by molar-refractivity contribution is 7.12. The van der Waals surface area contributed by atoms with Crippen LogP contribution in [0.4, 0.5) is 0 Å². The van der Waals surface area contributed by atoms with Gasteiger partial charge < -0.3 is 5.32 Å². The average molecular weight is 293 g/mol. The molecule has 0 aromatic carbocycles. The van der Waals surface area contributed by atoms with Gasteiger partial charge in [0.15, 0.2) is 0 Å². The van der Waals surface area contributed by atoms with Gasteiger partial charge in [0, 0.05) is 28.5 Å². The van der Waals surface area contributed by atoms with E-state index >= 15 is 0 Å². The van der Waals surface area contributed by atoms with Crippen LogP contribution in [0.25, 0.3) is 0 Å². The lowest BCUT2D eigenvalue weighted by Crippen LogP contribution is -2.15. The van der Waals surface area contributed by atoms with Crippen LogP contribution in [-0.4, -0.2) is 16.0 Å². The van der Waals surface area contributed by atoms with Crippen LogP contribution in [0.5, 0.6) is 0 Å². The number of nitrogens with one attached hydrogen (secondary N) is 1. The van der Waals surface area contributed by atoms with Crippen LogP contribution < -0.4 is 5.32 Å². The Balaban J connectivity index is 1.70. The van der Waals surface area contributed by atoms with Gasteiger partial charge in [0.25, 0.3) is 0 Å². The van der Waals surface area contributed by atoms with E-state index in [4.69, 9.17) is 4.98 Å². The summed E-state index contributed by atoms with van der Waals surface area (Å²) in [5.41, 5.74) is 2.38. The first-order valence-electron chi connectivity index (χ1n) is 6.86. The fraction of sp³-hybridized carbons (Fsp3) is 0.571. The molecule has 1 aliphatic rings. The maximum atomic E-state index is 4.78. The van der Waals surface area contributed by atoms with Crippen molar-refractivity contribution in [3.63, 3.8) is 0 Å². The summed E-state index contributed by atoms with van der Waals surface area (Å²) in [7, 11) is 0. The maximum absolute atomic E-state index is 4.78. The van der Waals surface area contributed by atoms with Gasteiger partial charge in [-0.05, 0) is 26.2 Å². The largest absolute Gasteiger partial charge is 0.309 e. The standard InChI is InChI=1S/C14H19N3S2/c1-3-11-12(7-15-10-4-5-10)19-14(17-11)6-13-16-9(2)8-18-13/h8,10,15H,3-7H2,1-2H3. The molecule has 19 heavy (non-hydrogen) atoms. The van der Waals surface area contributed by atoms with Gasteiger partial charge in [0.2, 0.25) is 0 Å². The molecule has 0 atom stereocenters. The fourth-order valence-corrected chi connectivity index (χ4v) is 4.04.